The largest absolute Gasteiger partial charge is 0.364 e. The van der Waals surface area contributed by atoms with E-state index in [1.165, 1.54) is 37.3 Å². The zero-order chi connectivity index (χ0) is 12.3. The molecule has 3 heteroatoms. The molecule has 0 amide bonds. The van der Waals surface area contributed by atoms with Gasteiger partial charge in [0.1, 0.15) is 0 Å². The Morgan fingerprint density at radius 2 is 2.12 bits per heavy atom. The fourth-order valence-electron chi connectivity index (χ4n) is 3.28. The Balaban J connectivity index is 1.85. The van der Waals surface area contributed by atoms with Crippen molar-refractivity contribution in [1.29, 1.82) is 0 Å². The molecular formula is C14H26N2S. The Morgan fingerprint density at radius 3 is 2.65 bits per heavy atom. The molecule has 1 heterocycles. The van der Waals surface area contributed by atoms with Gasteiger partial charge >= 0.3 is 0 Å². The van der Waals surface area contributed by atoms with Gasteiger partial charge in [0.25, 0.3) is 0 Å². The van der Waals surface area contributed by atoms with Crippen molar-refractivity contribution in [3.05, 3.63) is 0 Å². The molecule has 0 radical (unpaired) electrons. The van der Waals surface area contributed by atoms with Crippen LogP contribution in [0.25, 0.3) is 0 Å². The quantitative estimate of drug-likeness (QED) is 0.827. The van der Waals surface area contributed by atoms with Crippen molar-refractivity contribution in [2.75, 3.05) is 13.1 Å². The maximum atomic E-state index is 4.56. The molecule has 1 aliphatic carbocycles. The second-order valence-electron chi connectivity index (χ2n) is 6.23. The summed E-state index contributed by atoms with van der Waals surface area (Å²) in [5, 5.41) is 5.47. The summed E-state index contributed by atoms with van der Waals surface area (Å²) in [5.74, 6) is 0.812. The lowest BCUT2D eigenvalue weighted by Crippen LogP contribution is -2.35. The van der Waals surface area contributed by atoms with Gasteiger partial charge in [-0.05, 0) is 30.6 Å². The van der Waals surface area contributed by atoms with Gasteiger partial charge in [-0.3, -0.25) is 4.99 Å². The monoisotopic (exact) mass is 254 g/mol. The second-order valence-corrected chi connectivity index (χ2v) is 7.66. The van der Waals surface area contributed by atoms with Crippen LogP contribution in [0, 0.1) is 11.3 Å². The summed E-state index contributed by atoms with van der Waals surface area (Å²) in [6.45, 7) is 9.09. The first-order valence-corrected chi connectivity index (χ1v) is 7.93. The van der Waals surface area contributed by atoms with Gasteiger partial charge < -0.3 is 5.32 Å². The molecule has 0 aromatic carbocycles. The number of aliphatic imine (C=N–C) groups is 1. The molecule has 1 N–H and O–H groups in total. The minimum Gasteiger partial charge on any atom is -0.364 e. The average molecular weight is 254 g/mol. The lowest BCUT2D eigenvalue weighted by Gasteiger charge is -2.31. The first-order valence-electron chi connectivity index (χ1n) is 7.05. The molecule has 1 fully saturated rings. The summed E-state index contributed by atoms with van der Waals surface area (Å²) in [4.78, 5) is 4.56. The molecule has 1 aliphatic heterocycles. The van der Waals surface area contributed by atoms with E-state index >= 15 is 0 Å². The molecule has 0 aromatic heterocycles. The highest BCUT2D eigenvalue weighted by Crippen LogP contribution is 2.42. The Labute approximate surface area is 110 Å². The zero-order valence-electron chi connectivity index (χ0n) is 11.5. The first-order chi connectivity index (χ1) is 8.10. The van der Waals surface area contributed by atoms with Crippen molar-refractivity contribution in [3.63, 3.8) is 0 Å². The van der Waals surface area contributed by atoms with Gasteiger partial charge in [-0.1, -0.05) is 45.4 Å². The van der Waals surface area contributed by atoms with Crippen molar-refractivity contribution < 1.29 is 0 Å². The van der Waals surface area contributed by atoms with E-state index in [-0.39, 0.29) is 0 Å². The third-order valence-corrected chi connectivity index (χ3v) is 4.97. The maximum Gasteiger partial charge on any atom is 0.156 e. The highest BCUT2D eigenvalue weighted by Gasteiger charge is 2.34. The second kappa shape index (κ2) is 5.64. The minimum absolute atomic E-state index is 0.559. The minimum atomic E-state index is 0.559. The van der Waals surface area contributed by atoms with E-state index in [4.69, 9.17) is 0 Å². The molecular weight excluding hydrogens is 228 g/mol. The van der Waals surface area contributed by atoms with Gasteiger partial charge in [-0.2, -0.15) is 0 Å². The third-order valence-electron chi connectivity index (χ3n) is 3.92. The van der Waals surface area contributed by atoms with Crippen LogP contribution in [0.2, 0.25) is 0 Å². The molecule has 1 unspecified atom stereocenters. The van der Waals surface area contributed by atoms with Crippen LogP contribution in [0.3, 0.4) is 0 Å². The summed E-state index contributed by atoms with van der Waals surface area (Å²) in [6, 6.07) is 0. The molecule has 2 aliphatic rings. The molecule has 0 spiro atoms. The van der Waals surface area contributed by atoms with Crippen LogP contribution in [0.15, 0.2) is 4.99 Å². The van der Waals surface area contributed by atoms with Gasteiger partial charge in [-0.25, -0.2) is 0 Å². The van der Waals surface area contributed by atoms with Gasteiger partial charge in [-0.15, -0.1) is 0 Å². The normalized spacial score (nSPS) is 27.5. The fourth-order valence-corrected chi connectivity index (χ4v) is 4.12. The van der Waals surface area contributed by atoms with Crippen molar-refractivity contribution in [2.24, 2.45) is 16.3 Å². The van der Waals surface area contributed by atoms with Crippen LogP contribution in [-0.4, -0.2) is 23.5 Å². The molecule has 2 nitrogen and oxygen atoms in total. The summed E-state index contributed by atoms with van der Waals surface area (Å²) in [7, 11) is 0. The third kappa shape index (κ3) is 3.64. The van der Waals surface area contributed by atoms with Gasteiger partial charge in [0.2, 0.25) is 0 Å². The van der Waals surface area contributed by atoms with E-state index in [9.17, 15) is 0 Å². The van der Waals surface area contributed by atoms with E-state index in [2.05, 4.69) is 31.1 Å². The number of nitrogens with one attached hydrogen (secondary N) is 1. The molecule has 0 aromatic rings. The van der Waals surface area contributed by atoms with Gasteiger partial charge in [0.05, 0.1) is 6.54 Å². The summed E-state index contributed by atoms with van der Waals surface area (Å²) in [6.07, 6.45) is 7.03. The van der Waals surface area contributed by atoms with E-state index in [0.717, 1.165) is 19.0 Å². The topological polar surface area (TPSA) is 24.4 Å². The van der Waals surface area contributed by atoms with Crippen molar-refractivity contribution in [1.82, 2.24) is 5.32 Å². The lowest BCUT2D eigenvalue weighted by atomic mass is 9.78. The van der Waals surface area contributed by atoms with Crippen LogP contribution in [0.5, 0.6) is 0 Å². The summed E-state index contributed by atoms with van der Waals surface area (Å²) < 4.78 is 0. The predicted molar refractivity (Wildman–Crippen MR) is 77.7 cm³/mol. The Bertz CT molecular complexity index is 280. The van der Waals surface area contributed by atoms with Crippen molar-refractivity contribution in [3.8, 4) is 0 Å². The summed E-state index contributed by atoms with van der Waals surface area (Å²) in [5.41, 5.74) is 0.559. The van der Waals surface area contributed by atoms with Crippen LogP contribution in [0.4, 0.5) is 0 Å². The Hall–Kier alpha value is -0.180. The summed E-state index contributed by atoms with van der Waals surface area (Å²) >= 11 is 1.91. The lowest BCUT2D eigenvalue weighted by molar-refractivity contribution is 0.236. The highest BCUT2D eigenvalue weighted by molar-refractivity contribution is 8.14. The number of hydrogen-bond donors (Lipinski definition) is 1. The Morgan fingerprint density at radius 1 is 1.41 bits per heavy atom. The molecule has 0 bridgehead atoms. The smallest absolute Gasteiger partial charge is 0.156 e. The number of thioether (sulfide) groups is 1. The average Bonchev–Trinajstić information content (AvgIpc) is 2.85. The number of rotatable bonds is 4. The Kier molecular flexibility index (Phi) is 4.40. The van der Waals surface area contributed by atoms with Crippen molar-refractivity contribution >= 4 is 16.9 Å². The molecule has 1 atom stereocenters. The number of amidine groups is 1. The van der Waals surface area contributed by atoms with Crippen LogP contribution < -0.4 is 5.32 Å². The van der Waals surface area contributed by atoms with E-state index in [1.807, 2.05) is 11.8 Å². The standard InChI is InChI=1S/C14H26N2S/c1-11(2)8-14(6-4-5-7-14)10-16-13-15-9-12(3)17-13/h11-12H,4-10H2,1-3H3,(H,15,16). The van der Waals surface area contributed by atoms with Crippen LogP contribution >= 0.6 is 11.8 Å². The fraction of sp³-hybridized carbons (Fsp3) is 0.929. The molecule has 1 saturated carbocycles. The SMILES string of the molecule is CC(C)CC1(CNC2=NCC(C)S2)CCCC1. The van der Waals surface area contributed by atoms with Gasteiger partial charge in [0, 0.05) is 11.8 Å². The number of hydrogen-bond acceptors (Lipinski definition) is 3. The van der Waals surface area contributed by atoms with Gasteiger partial charge in [0.15, 0.2) is 5.17 Å². The molecule has 98 valence electrons. The van der Waals surface area contributed by atoms with Crippen molar-refractivity contribution in [2.45, 2.75) is 58.1 Å². The highest BCUT2D eigenvalue weighted by atomic mass is 32.2. The van der Waals surface area contributed by atoms with E-state index < -0.39 is 0 Å². The van der Waals surface area contributed by atoms with E-state index in [1.54, 1.807) is 0 Å². The first kappa shape index (κ1) is 13.3. The van der Waals surface area contributed by atoms with Crippen LogP contribution in [-0.2, 0) is 0 Å². The molecule has 0 saturated heterocycles. The maximum absolute atomic E-state index is 4.56. The number of nitrogens with zero attached hydrogens (tertiary/aromatic N) is 1. The molecule has 17 heavy (non-hydrogen) atoms. The van der Waals surface area contributed by atoms with E-state index in [0.29, 0.717) is 10.7 Å². The zero-order valence-corrected chi connectivity index (χ0v) is 12.3. The van der Waals surface area contributed by atoms with Crippen LogP contribution in [0.1, 0.15) is 52.9 Å². The molecule has 2 rings (SSSR count). The predicted octanol–water partition coefficient (Wildman–Crippen LogP) is 3.67.